The number of allylic oxidation sites excluding steroid dienone is 1. The predicted octanol–water partition coefficient (Wildman–Crippen LogP) is 4.40. The summed E-state index contributed by atoms with van der Waals surface area (Å²) in [7, 11) is 0. The molecule has 0 aliphatic rings. The monoisotopic (exact) mass is 484 g/mol. The third kappa shape index (κ3) is 6.29. The number of aromatic nitrogens is 4. The van der Waals surface area contributed by atoms with Crippen LogP contribution in [0.2, 0.25) is 0 Å². The summed E-state index contributed by atoms with van der Waals surface area (Å²) >= 11 is 2.74. The summed E-state index contributed by atoms with van der Waals surface area (Å²) in [4.78, 5) is 30.6. The lowest BCUT2D eigenvalue weighted by molar-refractivity contribution is -0.113. The summed E-state index contributed by atoms with van der Waals surface area (Å²) in [5.74, 6) is 0.521. The van der Waals surface area contributed by atoms with E-state index in [0.717, 1.165) is 10.6 Å². The topological polar surface area (TPSA) is 102 Å². The van der Waals surface area contributed by atoms with Gasteiger partial charge in [0.1, 0.15) is 0 Å². The number of nitrogens with zero attached hydrogens (tertiary/aromatic N) is 4. The maximum Gasteiger partial charge on any atom is 0.251 e. The van der Waals surface area contributed by atoms with Gasteiger partial charge in [0.15, 0.2) is 16.1 Å². The Hall–Kier alpha value is -2.98. The van der Waals surface area contributed by atoms with Crippen LogP contribution in [0.15, 0.2) is 48.1 Å². The van der Waals surface area contributed by atoms with E-state index in [1.54, 1.807) is 18.2 Å². The second-order valence-electron chi connectivity index (χ2n) is 7.80. The standard InChI is InChI=1S/C23H28N6O2S2/c1-6-12-29-20(19(14(2)3)26-21(31)17-10-8-7-9-11-17)27-28-23(29)32-13-18(30)25-22-24-15(4)16(5)33-22/h6-11,14,19H,1,12-13H2,2-5H3,(H,26,31)(H,24,25,30). The van der Waals surface area contributed by atoms with Crippen LogP contribution in [0.5, 0.6) is 0 Å². The van der Waals surface area contributed by atoms with Gasteiger partial charge in [-0.05, 0) is 31.9 Å². The summed E-state index contributed by atoms with van der Waals surface area (Å²) in [5, 5.41) is 15.8. The Kier molecular flexibility index (Phi) is 8.40. The Bertz CT molecular complexity index is 1100. The molecule has 0 spiro atoms. The molecule has 2 heterocycles. The molecule has 0 saturated carbocycles. The maximum absolute atomic E-state index is 12.8. The molecule has 0 radical (unpaired) electrons. The van der Waals surface area contributed by atoms with E-state index >= 15 is 0 Å². The van der Waals surface area contributed by atoms with Crippen LogP contribution in [0.3, 0.4) is 0 Å². The number of nitrogens with one attached hydrogen (secondary N) is 2. The molecule has 3 aromatic rings. The summed E-state index contributed by atoms with van der Waals surface area (Å²) < 4.78 is 1.89. The van der Waals surface area contributed by atoms with Crippen LogP contribution < -0.4 is 10.6 Å². The molecule has 0 fully saturated rings. The van der Waals surface area contributed by atoms with Gasteiger partial charge in [-0.1, -0.05) is 49.9 Å². The normalized spacial score (nSPS) is 11.9. The molecule has 2 amide bonds. The Morgan fingerprint density at radius 2 is 1.94 bits per heavy atom. The third-order valence-corrected chi connectivity index (χ3v) is 6.89. The number of rotatable bonds is 10. The van der Waals surface area contributed by atoms with Gasteiger partial charge in [-0.15, -0.1) is 28.1 Å². The largest absolute Gasteiger partial charge is 0.342 e. The average molecular weight is 485 g/mol. The quantitative estimate of drug-likeness (QED) is 0.327. The molecule has 2 aromatic heterocycles. The Morgan fingerprint density at radius 3 is 2.55 bits per heavy atom. The fraction of sp³-hybridized carbons (Fsp3) is 0.348. The summed E-state index contributed by atoms with van der Waals surface area (Å²) in [5.41, 5.74) is 1.49. The molecule has 0 saturated heterocycles. The van der Waals surface area contributed by atoms with Crippen LogP contribution >= 0.6 is 23.1 Å². The third-order valence-electron chi connectivity index (χ3n) is 4.93. The zero-order valence-electron chi connectivity index (χ0n) is 19.2. The number of aryl methyl sites for hydroxylation is 2. The fourth-order valence-electron chi connectivity index (χ4n) is 3.09. The van der Waals surface area contributed by atoms with Crippen LogP contribution in [-0.2, 0) is 11.3 Å². The van der Waals surface area contributed by atoms with Crippen molar-refractivity contribution in [3.63, 3.8) is 0 Å². The van der Waals surface area contributed by atoms with Crippen molar-refractivity contribution < 1.29 is 9.59 Å². The lowest BCUT2D eigenvalue weighted by Crippen LogP contribution is -2.33. The van der Waals surface area contributed by atoms with Crippen molar-refractivity contribution in [3.8, 4) is 0 Å². The molecule has 1 atom stereocenters. The van der Waals surface area contributed by atoms with Crippen LogP contribution in [0.1, 0.15) is 46.6 Å². The first-order valence-corrected chi connectivity index (χ1v) is 12.4. The highest BCUT2D eigenvalue weighted by molar-refractivity contribution is 7.99. The highest BCUT2D eigenvalue weighted by Gasteiger charge is 2.26. The zero-order chi connectivity index (χ0) is 24.0. The van der Waals surface area contributed by atoms with Crippen LogP contribution in [-0.4, -0.2) is 37.3 Å². The molecule has 174 valence electrons. The van der Waals surface area contributed by atoms with Crippen LogP contribution in [0.4, 0.5) is 5.13 Å². The number of carbonyl (C=O) groups excluding carboxylic acids is 2. The Morgan fingerprint density at radius 1 is 1.21 bits per heavy atom. The van der Waals surface area contributed by atoms with Crippen LogP contribution in [0, 0.1) is 19.8 Å². The van der Waals surface area contributed by atoms with E-state index in [-0.39, 0.29) is 29.5 Å². The minimum absolute atomic E-state index is 0.0722. The molecule has 3 rings (SSSR count). The smallest absolute Gasteiger partial charge is 0.251 e. The molecule has 0 bridgehead atoms. The highest BCUT2D eigenvalue weighted by Crippen LogP contribution is 2.26. The lowest BCUT2D eigenvalue weighted by Gasteiger charge is -2.22. The fourth-order valence-corrected chi connectivity index (χ4v) is 4.68. The number of thiazole rings is 1. The van der Waals surface area contributed by atoms with E-state index in [4.69, 9.17) is 0 Å². The zero-order valence-corrected chi connectivity index (χ0v) is 20.8. The first-order chi connectivity index (χ1) is 15.8. The molecule has 10 heteroatoms. The molecule has 33 heavy (non-hydrogen) atoms. The first kappa shape index (κ1) is 24.7. The van der Waals surface area contributed by atoms with E-state index < -0.39 is 0 Å². The molecule has 1 aromatic carbocycles. The molecular formula is C23H28N6O2S2. The van der Waals surface area contributed by atoms with Gasteiger partial charge in [-0.3, -0.25) is 9.59 Å². The second-order valence-corrected chi connectivity index (χ2v) is 9.94. The van der Waals surface area contributed by atoms with Gasteiger partial charge in [0.2, 0.25) is 5.91 Å². The highest BCUT2D eigenvalue weighted by atomic mass is 32.2. The molecule has 2 N–H and O–H groups in total. The first-order valence-electron chi connectivity index (χ1n) is 10.6. The van der Waals surface area contributed by atoms with Crippen molar-refractivity contribution in [3.05, 3.63) is 64.9 Å². The molecule has 0 aliphatic carbocycles. The number of hydrogen-bond acceptors (Lipinski definition) is 7. The van der Waals surface area contributed by atoms with Crippen molar-refractivity contribution in [1.82, 2.24) is 25.1 Å². The summed E-state index contributed by atoms with van der Waals surface area (Å²) in [6.07, 6.45) is 1.74. The van der Waals surface area contributed by atoms with Crippen molar-refractivity contribution in [2.75, 3.05) is 11.1 Å². The van der Waals surface area contributed by atoms with Crippen molar-refractivity contribution >= 4 is 40.0 Å². The Balaban J connectivity index is 1.74. The predicted molar refractivity (Wildman–Crippen MR) is 133 cm³/mol. The summed E-state index contributed by atoms with van der Waals surface area (Å²) in [6, 6.07) is 8.71. The second kappa shape index (κ2) is 11.2. The number of hydrogen-bond donors (Lipinski definition) is 2. The van der Waals surface area contributed by atoms with Crippen molar-refractivity contribution in [2.45, 2.75) is 45.4 Å². The average Bonchev–Trinajstić information content (AvgIpc) is 3.32. The van der Waals surface area contributed by atoms with Crippen LogP contribution in [0.25, 0.3) is 0 Å². The number of anilines is 1. The minimum atomic E-state index is -0.352. The van der Waals surface area contributed by atoms with E-state index in [0.29, 0.717) is 28.2 Å². The lowest BCUT2D eigenvalue weighted by atomic mass is 10.0. The molecule has 0 aliphatic heterocycles. The van der Waals surface area contributed by atoms with Gasteiger partial charge >= 0.3 is 0 Å². The SMILES string of the molecule is C=CCn1c(SCC(=O)Nc2nc(C)c(C)s2)nnc1C(NC(=O)c1ccccc1)C(C)C. The van der Waals surface area contributed by atoms with Crippen molar-refractivity contribution in [2.24, 2.45) is 5.92 Å². The van der Waals surface area contributed by atoms with Gasteiger partial charge in [0, 0.05) is 17.0 Å². The van der Waals surface area contributed by atoms with E-state index in [2.05, 4.69) is 32.4 Å². The van der Waals surface area contributed by atoms with Gasteiger partial charge in [-0.2, -0.15) is 0 Å². The number of carbonyl (C=O) groups is 2. The van der Waals surface area contributed by atoms with Gasteiger partial charge in [0.25, 0.3) is 5.91 Å². The molecule has 8 nitrogen and oxygen atoms in total. The minimum Gasteiger partial charge on any atom is -0.342 e. The van der Waals surface area contributed by atoms with Gasteiger partial charge < -0.3 is 15.2 Å². The number of thioether (sulfide) groups is 1. The van der Waals surface area contributed by atoms with Crippen molar-refractivity contribution in [1.29, 1.82) is 0 Å². The maximum atomic E-state index is 12.8. The van der Waals surface area contributed by atoms with E-state index in [1.165, 1.54) is 23.1 Å². The number of amides is 2. The Labute approximate surface area is 201 Å². The van der Waals surface area contributed by atoms with Gasteiger partial charge in [-0.25, -0.2) is 4.98 Å². The van der Waals surface area contributed by atoms with E-state index in [1.807, 2.05) is 50.5 Å². The van der Waals surface area contributed by atoms with E-state index in [9.17, 15) is 9.59 Å². The van der Waals surface area contributed by atoms with Gasteiger partial charge in [0.05, 0.1) is 17.5 Å². The molecule has 1 unspecified atom stereocenters. The number of benzene rings is 1. The molecular weight excluding hydrogens is 456 g/mol. The summed E-state index contributed by atoms with van der Waals surface area (Å²) in [6.45, 7) is 12.2.